The van der Waals surface area contributed by atoms with E-state index in [1.54, 1.807) is 0 Å². The van der Waals surface area contributed by atoms with Gasteiger partial charge in [-0.3, -0.25) is 0 Å². The van der Waals surface area contributed by atoms with E-state index in [-0.39, 0.29) is 38.5 Å². The van der Waals surface area contributed by atoms with Crippen LogP contribution in [0, 0.1) is 0 Å². The predicted molar refractivity (Wildman–Crippen MR) is 110 cm³/mol. The summed E-state index contributed by atoms with van der Waals surface area (Å²) in [7, 11) is 0. The molecular formula is C22H32O12. The van der Waals surface area contributed by atoms with Crippen molar-refractivity contribution in [2.24, 2.45) is 0 Å². The predicted octanol–water partition coefficient (Wildman–Crippen LogP) is -0.981. The summed E-state index contributed by atoms with van der Waals surface area (Å²) >= 11 is 0. The van der Waals surface area contributed by atoms with Crippen molar-refractivity contribution in [3.63, 3.8) is 0 Å². The van der Waals surface area contributed by atoms with E-state index < -0.39 is 70.7 Å². The van der Waals surface area contributed by atoms with Gasteiger partial charge in [0.05, 0.1) is 0 Å². The van der Waals surface area contributed by atoms with Crippen molar-refractivity contribution in [1.82, 2.24) is 0 Å². The molecule has 34 heavy (non-hydrogen) atoms. The van der Waals surface area contributed by atoms with Crippen LogP contribution in [0.15, 0.2) is 0 Å². The van der Waals surface area contributed by atoms with Gasteiger partial charge in [-0.05, 0) is 27.7 Å². The summed E-state index contributed by atoms with van der Waals surface area (Å²) in [6, 6.07) is 0. The highest BCUT2D eigenvalue weighted by atomic mass is 16.6. The van der Waals surface area contributed by atoms with Crippen molar-refractivity contribution in [2.45, 2.75) is 113 Å². The molecule has 0 amide bonds. The van der Waals surface area contributed by atoms with E-state index in [1.807, 2.05) is 0 Å². The summed E-state index contributed by atoms with van der Waals surface area (Å²) in [5.74, 6) is -3.91. The van der Waals surface area contributed by atoms with Gasteiger partial charge in [-0.25, -0.2) is 19.2 Å². The van der Waals surface area contributed by atoms with Gasteiger partial charge in [0, 0.05) is 38.5 Å². The molecule has 0 heterocycles. The van der Waals surface area contributed by atoms with Crippen molar-refractivity contribution in [3.8, 4) is 0 Å². The lowest BCUT2D eigenvalue weighted by molar-refractivity contribution is -0.313. The Bertz CT molecular complexity index is 684. The molecule has 0 radical (unpaired) electrons. The molecule has 4 aliphatic rings. The van der Waals surface area contributed by atoms with Crippen molar-refractivity contribution >= 4 is 23.9 Å². The van der Waals surface area contributed by atoms with Gasteiger partial charge < -0.3 is 39.4 Å². The van der Waals surface area contributed by atoms with E-state index in [9.17, 15) is 39.6 Å². The van der Waals surface area contributed by atoms with Crippen molar-refractivity contribution in [3.05, 3.63) is 0 Å². The summed E-state index contributed by atoms with van der Waals surface area (Å²) in [5.41, 5.74) is -5.89. The van der Waals surface area contributed by atoms with E-state index in [1.165, 1.54) is 27.7 Å². The number of hydrogen-bond acceptors (Lipinski definition) is 12. The minimum atomic E-state index is -1.49. The summed E-state index contributed by atoms with van der Waals surface area (Å²) < 4.78 is 22.7. The van der Waals surface area contributed by atoms with Crippen LogP contribution in [-0.4, -0.2) is 91.1 Å². The first kappa shape index (κ1) is 26.3. The molecule has 4 N–H and O–H groups in total. The Balaban J connectivity index is 2.11. The van der Waals surface area contributed by atoms with E-state index >= 15 is 0 Å². The molecule has 12 nitrogen and oxygen atoms in total. The first-order valence-electron chi connectivity index (χ1n) is 11.2. The van der Waals surface area contributed by atoms with Gasteiger partial charge in [-0.2, -0.15) is 0 Å². The highest BCUT2D eigenvalue weighted by Crippen LogP contribution is 2.65. The van der Waals surface area contributed by atoms with Gasteiger partial charge in [-0.15, -0.1) is 0 Å². The lowest BCUT2D eigenvalue weighted by Gasteiger charge is -2.66. The average Bonchev–Trinajstić information content (AvgIpc) is 2.64. The van der Waals surface area contributed by atoms with E-state index in [2.05, 4.69) is 0 Å². The van der Waals surface area contributed by atoms with Crippen LogP contribution in [0.5, 0.6) is 0 Å². The van der Waals surface area contributed by atoms with Crippen molar-refractivity contribution in [2.75, 3.05) is 0 Å². The van der Waals surface area contributed by atoms with Crippen LogP contribution in [-0.2, 0) is 38.1 Å². The minimum Gasteiger partial charge on any atom is -0.457 e. The highest BCUT2D eigenvalue weighted by Gasteiger charge is 2.74. The molecule has 4 rings (SSSR count). The van der Waals surface area contributed by atoms with Gasteiger partial charge >= 0.3 is 23.9 Å². The number of aliphatic hydroxyl groups excluding tert-OH is 4. The zero-order valence-electron chi connectivity index (χ0n) is 19.6. The molecule has 4 unspecified atom stereocenters. The molecule has 4 saturated carbocycles. The fourth-order valence-corrected chi connectivity index (χ4v) is 5.90. The molecule has 0 aliphatic heterocycles. The second-order valence-electron chi connectivity index (χ2n) is 10.2. The normalized spacial score (nSPS) is 37.2. The monoisotopic (exact) mass is 488 g/mol. The SMILES string of the molecule is CC(O)C(=O)OC12CC3(OC(=O)C(C)O)CC(OC(=O)C(C)O)(C1)CC(OC(=O)C(C)O)(C2)C3. The minimum absolute atomic E-state index is 0.0567. The molecule has 4 atom stereocenters. The third-order valence-corrected chi connectivity index (χ3v) is 6.50. The number of ether oxygens (including phenoxy) is 4. The van der Waals surface area contributed by atoms with Crippen LogP contribution in [0.3, 0.4) is 0 Å². The summed E-state index contributed by atoms with van der Waals surface area (Å²) in [4.78, 5) is 49.7. The highest BCUT2D eigenvalue weighted by molar-refractivity contribution is 5.77. The van der Waals surface area contributed by atoms with E-state index in [0.717, 1.165) is 0 Å². The molecule has 0 spiro atoms. The topological polar surface area (TPSA) is 186 Å². The quantitative estimate of drug-likeness (QED) is 0.242. The third kappa shape index (κ3) is 5.04. The Morgan fingerprint density at radius 2 is 0.618 bits per heavy atom. The maximum Gasteiger partial charge on any atom is 0.335 e. The first-order chi connectivity index (χ1) is 15.6. The van der Waals surface area contributed by atoms with Gasteiger partial charge in [0.1, 0.15) is 46.8 Å². The van der Waals surface area contributed by atoms with Crippen LogP contribution in [0.2, 0.25) is 0 Å². The van der Waals surface area contributed by atoms with Crippen molar-refractivity contribution < 1.29 is 58.6 Å². The summed E-state index contributed by atoms with van der Waals surface area (Å²) in [6.45, 7) is 4.83. The molecule has 4 aliphatic carbocycles. The number of carbonyl (C=O) groups excluding carboxylic acids is 4. The fraction of sp³-hybridized carbons (Fsp3) is 0.818. The van der Waals surface area contributed by atoms with Gasteiger partial charge in [0.2, 0.25) is 0 Å². The molecule has 0 aromatic heterocycles. The van der Waals surface area contributed by atoms with Gasteiger partial charge in [-0.1, -0.05) is 0 Å². The Labute approximate surface area is 196 Å². The number of hydrogen-bond donors (Lipinski definition) is 4. The molecule has 192 valence electrons. The maximum absolute atomic E-state index is 12.4. The van der Waals surface area contributed by atoms with Crippen molar-refractivity contribution in [1.29, 1.82) is 0 Å². The van der Waals surface area contributed by atoms with Crippen LogP contribution in [0.4, 0.5) is 0 Å². The van der Waals surface area contributed by atoms with Crippen LogP contribution in [0.1, 0.15) is 66.2 Å². The third-order valence-electron chi connectivity index (χ3n) is 6.50. The fourth-order valence-electron chi connectivity index (χ4n) is 5.90. The average molecular weight is 488 g/mol. The number of esters is 4. The van der Waals surface area contributed by atoms with Crippen LogP contribution < -0.4 is 0 Å². The van der Waals surface area contributed by atoms with Gasteiger partial charge in [0.15, 0.2) is 0 Å². The molecule has 12 heteroatoms. The second kappa shape index (κ2) is 8.74. The van der Waals surface area contributed by atoms with E-state index in [0.29, 0.717) is 0 Å². The van der Waals surface area contributed by atoms with Crippen LogP contribution in [0.25, 0.3) is 0 Å². The Morgan fingerprint density at radius 3 is 0.735 bits per heavy atom. The number of aliphatic hydroxyl groups is 4. The lowest BCUT2D eigenvalue weighted by Crippen LogP contribution is -2.75. The first-order valence-corrected chi connectivity index (χ1v) is 11.2. The standard InChI is InChI=1S/C22H32O12/c1-11(23)15(27)31-19-5-20(32-16(28)12(2)24)8-21(6-19,33-17(29)13(3)25)10-22(7-19,9-20)34-18(30)14(4)26/h11-14,23-26H,5-10H2,1-4H3. The molecular weight excluding hydrogens is 456 g/mol. The summed E-state index contributed by atoms with van der Waals surface area (Å²) in [6.07, 6.45) is -6.30. The Morgan fingerprint density at radius 1 is 0.471 bits per heavy atom. The zero-order valence-corrected chi connectivity index (χ0v) is 19.6. The van der Waals surface area contributed by atoms with E-state index in [4.69, 9.17) is 18.9 Å². The largest absolute Gasteiger partial charge is 0.457 e. The molecule has 4 bridgehead atoms. The zero-order chi connectivity index (χ0) is 25.7. The smallest absolute Gasteiger partial charge is 0.335 e. The van der Waals surface area contributed by atoms with Gasteiger partial charge in [0.25, 0.3) is 0 Å². The molecule has 4 fully saturated rings. The van der Waals surface area contributed by atoms with Crippen LogP contribution >= 0.6 is 0 Å². The Kier molecular flexibility index (Phi) is 6.77. The lowest BCUT2D eigenvalue weighted by atomic mass is 9.48. The Hall–Kier alpha value is -2.28. The maximum atomic E-state index is 12.4. The molecule has 0 saturated heterocycles. The summed E-state index contributed by atoms with van der Waals surface area (Å²) in [5, 5.41) is 39.0. The number of rotatable bonds is 8. The molecule has 0 aromatic carbocycles. The number of carbonyl (C=O) groups is 4. The second-order valence-corrected chi connectivity index (χ2v) is 10.2. The molecule has 0 aromatic rings.